The van der Waals surface area contributed by atoms with E-state index in [1.807, 2.05) is 54.6 Å². The van der Waals surface area contributed by atoms with Crippen LogP contribution < -0.4 is 5.32 Å². The molecule has 1 saturated heterocycles. The normalized spacial score (nSPS) is 22.6. The number of carbonyl (C=O) groups is 2. The first-order valence-electron chi connectivity index (χ1n) is 9.93. The maximum Gasteiger partial charge on any atom is 0.254 e. The highest BCUT2D eigenvalue weighted by atomic mass is 16.5. The quantitative estimate of drug-likeness (QED) is 0.889. The molecule has 0 spiro atoms. The highest BCUT2D eigenvalue weighted by Crippen LogP contribution is 2.41. The number of likely N-dealkylation sites (N-methyl/N-ethyl adjacent to an activating group) is 1. The largest absolute Gasteiger partial charge is 0.381 e. The van der Waals surface area contributed by atoms with Gasteiger partial charge in [-0.2, -0.15) is 0 Å². The lowest BCUT2D eigenvalue weighted by Gasteiger charge is -2.40. The van der Waals surface area contributed by atoms with Gasteiger partial charge in [0.25, 0.3) is 5.91 Å². The Morgan fingerprint density at radius 3 is 2.50 bits per heavy atom. The molecule has 28 heavy (non-hydrogen) atoms. The molecule has 0 aromatic heterocycles. The minimum atomic E-state index is -0.429. The molecule has 2 aromatic rings. The Hall–Kier alpha value is -2.66. The van der Waals surface area contributed by atoms with Crippen molar-refractivity contribution in [3.63, 3.8) is 0 Å². The molecule has 2 aliphatic heterocycles. The van der Waals surface area contributed by atoms with Gasteiger partial charge >= 0.3 is 0 Å². The topological polar surface area (TPSA) is 58.6 Å². The maximum absolute atomic E-state index is 13.4. The van der Waals surface area contributed by atoms with E-state index < -0.39 is 5.92 Å². The van der Waals surface area contributed by atoms with Crippen LogP contribution in [0.1, 0.15) is 46.3 Å². The summed E-state index contributed by atoms with van der Waals surface area (Å²) in [6.07, 6.45) is 1.95. The maximum atomic E-state index is 13.4. The van der Waals surface area contributed by atoms with Crippen molar-refractivity contribution in [1.82, 2.24) is 10.2 Å². The van der Waals surface area contributed by atoms with Crippen LogP contribution in [0.4, 0.5) is 0 Å². The number of nitrogens with zero attached hydrogens (tertiary/aromatic N) is 1. The van der Waals surface area contributed by atoms with Crippen molar-refractivity contribution in [2.75, 3.05) is 26.8 Å². The molecular formula is C23H26N2O3. The molecule has 1 N–H and O–H groups in total. The second-order valence-corrected chi connectivity index (χ2v) is 7.64. The Labute approximate surface area is 165 Å². The van der Waals surface area contributed by atoms with Crippen LogP contribution in [0.3, 0.4) is 0 Å². The number of carbonyl (C=O) groups excluding carboxylic acids is 2. The van der Waals surface area contributed by atoms with Crippen molar-refractivity contribution >= 4 is 11.8 Å². The van der Waals surface area contributed by atoms with Gasteiger partial charge in [0.15, 0.2) is 0 Å². The zero-order chi connectivity index (χ0) is 19.5. The van der Waals surface area contributed by atoms with Gasteiger partial charge in [-0.15, -0.1) is 0 Å². The van der Waals surface area contributed by atoms with Crippen LogP contribution in [0.25, 0.3) is 0 Å². The number of hydrogen-bond donors (Lipinski definition) is 1. The molecule has 5 nitrogen and oxygen atoms in total. The summed E-state index contributed by atoms with van der Waals surface area (Å²) in [5.41, 5.74) is 2.39. The first-order chi connectivity index (χ1) is 13.7. The third-order valence-electron chi connectivity index (χ3n) is 5.91. The Morgan fingerprint density at radius 2 is 1.75 bits per heavy atom. The van der Waals surface area contributed by atoms with Gasteiger partial charge in [0, 0.05) is 32.4 Å². The number of nitrogens with one attached hydrogen (secondary N) is 1. The third kappa shape index (κ3) is 3.54. The van der Waals surface area contributed by atoms with Gasteiger partial charge in [-0.1, -0.05) is 48.5 Å². The second kappa shape index (κ2) is 8.15. The Balaban J connectivity index is 1.66. The zero-order valence-corrected chi connectivity index (χ0v) is 16.1. The van der Waals surface area contributed by atoms with Crippen LogP contribution in [0, 0.1) is 5.92 Å². The summed E-state index contributed by atoms with van der Waals surface area (Å²) in [5, 5.41) is 3.17. The van der Waals surface area contributed by atoms with E-state index in [4.69, 9.17) is 4.74 Å². The summed E-state index contributed by atoms with van der Waals surface area (Å²) in [6.45, 7) is 2.17. The van der Waals surface area contributed by atoms with Crippen molar-refractivity contribution in [3.05, 3.63) is 71.3 Å². The van der Waals surface area contributed by atoms with Crippen molar-refractivity contribution in [1.29, 1.82) is 0 Å². The number of benzene rings is 2. The SMILES string of the molecule is CN1C(=O)c2ccccc2C(C(=O)NCC2CCOCC2)C1c1ccccc1. The fourth-order valence-electron chi connectivity index (χ4n) is 4.33. The van der Waals surface area contributed by atoms with Crippen molar-refractivity contribution < 1.29 is 14.3 Å². The third-order valence-corrected chi connectivity index (χ3v) is 5.91. The van der Waals surface area contributed by atoms with Gasteiger partial charge in [0.2, 0.25) is 5.91 Å². The Kier molecular flexibility index (Phi) is 5.44. The van der Waals surface area contributed by atoms with Gasteiger partial charge in [0.1, 0.15) is 0 Å². The van der Waals surface area contributed by atoms with Gasteiger partial charge in [-0.05, 0) is 36.0 Å². The fraction of sp³-hybridized carbons (Fsp3) is 0.391. The molecule has 2 heterocycles. The average molecular weight is 378 g/mol. The molecule has 0 bridgehead atoms. The lowest BCUT2D eigenvalue weighted by Crippen LogP contribution is -2.46. The molecule has 2 atom stereocenters. The van der Waals surface area contributed by atoms with Crippen LogP contribution in [0.15, 0.2) is 54.6 Å². The summed E-state index contributed by atoms with van der Waals surface area (Å²) in [7, 11) is 1.79. The van der Waals surface area contributed by atoms with E-state index in [2.05, 4.69) is 5.32 Å². The summed E-state index contributed by atoms with van der Waals surface area (Å²) in [5.74, 6) is -0.0442. The standard InChI is InChI=1S/C23H26N2O3/c1-25-21(17-7-3-2-4-8-17)20(18-9-5-6-10-19(18)23(25)27)22(26)24-15-16-11-13-28-14-12-16/h2-10,16,20-21H,11-15H2,1H3,(H,24,26). The molecule has 5 heteroatoms. The van der Waals surface area contributed by atoms with E-state index in [-0.39, 0.29) is 17.9 Å². The summed E-state index contributed by atoms with van der Waals surface area (Å²) < 4.78 is 5.41. The Morgan fingerprint density at radius 1 is 1.07 bits per heavy atom. The van der Waals surface area contributed by atoms with Gasteiger partial charge in [-0.3, -0.25) is 9.59 Å². The van der Waals surface area contributed by atoms with Crippen molar-refractivity contribution in [2.24, 2.45) is 5.92 Å². The molecule has 2 unspecified atom stereocenters. The van der Waals surface area contributed by atoms with Gasteiger partial charge in [-0.25, -0.2) is 0 Å². The van der Waals surface area contributed by atoms with Crippen molar-refractivity contribution in [3.8, 4) is 0 Å². The zero-order valence-electron chi connectivity index (χ0n) is 16.1. The van der Waals surface area contributed by atoms with Crippen LogP contribution in [-0.4, -0.2) is 43.5 Å². The first-order valence-corrected chi connectivity index (χ1v) is 9.93. The van der Waals surface area contributed by atoms with E-state index in [0.29, 0.717) is 18.0 Å². The Bertz CT molecular complexity index is 846. The number of hydrogen-bond acceptors (Lipinski definition) is 3. The summed E-state index contributed by atoms with van der Waals surface area (Å²) >= 11 is 0. The predicted octanol–water partition coefficient (Wildman–Crippen LogP) is 3.14. The van der Waals surface area contributed by atoms with E-state index in [1.165, 1.54) is 0 Å². The number of amides is 2. The lowest BCUT2D eigenvalue weighted by atomic mass is 9.79. The first kappa shape index (κ1) is 18.7. The molecular weight excluding hydrogens is 352 g/mol. The van der Waals surface area contributed by atoms with E-state index in [1.54, 1.807) is 11.9 Å². The smallest absolute Gasteiger partial charge is 0.254 e. The van der Waals surface area contributed by atoms with Crippen LogP contribution in [0.5, 0.6) is 0 Å². The van der Waals surface area contributed by atoms with Gasteiger partial charge < -0.3 is 15.0 Å². The second-order valence-electron chi connectivity index (χ2n) is 7.64. The minimum Gasteiger partial charge on any atom is -0.381 e. The molecule has 1 fully saturated rings. The number of rotatable bonds is 4. The molecule has 0 radical (unpaired) electrons. The summed E-state index contributed by atoms with van der Waals surface area (Å²) in [6, 6.07) is 17.0. The minimum absolute atomic E-state index is 0.0212. The number of ether oxygens (including phenoxy) is 1. The van der Waals surface area contributed by atoms with E-state index >= 15 is 0 Å². The van der Waals surface area contributed by atoms with E-state index in [0.717, 1.165) is 37.2 Å². The van der Waals surface area contributed by atoms with Crippen LogP contribution in [0.2, 0.25) is 0 Å². The van der Waals surface area contributed by atoms with E-state index in [9.17, 15) is 9.59 Å². The predicted molar refractivity (Wildman–Crippen MR) is 107 cm³/mol. The molecule has 2 amide bonds. The molecule has 2 aromatic carbocycles. The monoisotopic (exact) mass is 378 g/mol. The average Bonchev–Trinajstić information content (AvgIpc) is 2.75. The molecule has 2 aliphatic rings. The highest BCUT2D eigenvalue weighted by molar-refractivity contribution is 6.01. The summed E-state index contributed by atoms with van der Waals surface area (Å²) in [4.78, 5) is 28.0. The molecule has 146 valence electrons. The van der Waals surface area contributed by atoms with Gasteiger partial charge in [0.05, 0.1) is 12.0 Å². The highest BCUT2D eigenvalue weighted by Gasteiger charge is 2.42. The number of fused-ring (bicyclic) bond motifs is 1. The molecule has 0 saturated carbocycles. The van der Waals surface area contributed by atoms with Crippen molar-refractivity contribution in [2.45, 2.75) is 24.8 Å². The van der Waals surface area contributed by atoms with Crippen LogP contribution >= 0.6 is 0 Å². The molecule has 0 aliphatic carbocycles. The van der Waals surface area contributed by atoms with Crippen LogP contribution in [-0.2, 0) is 9.53 Å². The lowest BCUT2D eigenvalue weighted by molar-refractivity contribution is -0.124. The molecule has 4 rings (SSSR count). The fourth-order valence-corrected chi connectivity index (χ4v) is 4.33.